The Kier molecular flexibility index (Phi) is 7.07. The van der Waals surface area contributed by atoms with Crippen LogP contribution in [-0.4, -0.2) is 43.8 Å². The zero-order valence-corrected chi connectivity index (χ0v) is 17.2. The number of benzene rings is 1. The number of halogens is 1. The van der Waals surface area contributed by atoms with Crippen LogP contribution in [0.3, 0.4) is 0 Å². The number of carbonyl (C=O) groups is 1. The van der Waals surface area contributed by atoms with Gasteiger partial charge in [-0.1, -0.05) is 24.9 Å². The van der Waals surface area contributed by atoms with Crippen molar-refractivity contribution in [2.45, 2.75) is 56.9 Å². The summed E-state index contributed by atoms with van der Waals surface area (Å²) in [6, 6.07) is 4.56. The summed E-state index contributed by atoms with van der Waals surface area (Å²) in [6.45, 7) is 7.24. The molecule has 6 nitrogen and oxygen atoms in total. The van der Waals surface area contributed by atoms with E-state index < -0.39 is 10.0 Å². The predicted molar refractivity (Wildman–Crippen MR) is 105 cm³/mol. The van der Waals surface area contributed by atoms with E-state index in [0.29, 0.717) is 18.8 Å². The van der Waals surface area contributed by atoms with E-state index in [2.05, 4.69) is 10.6 Å². The van der Waals surface area contributed by atoms with Gasteiger partial charge in [0.25, 0.3) is 0 Å². The number of hydrogen-bond donors (Lipinski definition) is 2. The van der Waals surface area contributed by atoms with Crippen LogP contribution in [0.2, 0.25) is 5.02 Å². The summed E-state index contributed by atoms with van der Waals surface area (Å²) >= 11 is 6.15. The van der Waals surface area contributed by atoms with Crippen molar-refractivity contribution in [2.75, 3.05) is 25.0 Å². The van der Waals surface area contributed by atoms with Gasteiger partial charge in [-0.3, -0.25) is 4.79 Å². The highest BCUT2D eigenvalue weighted by Gasteiger charge is 2.28. The molecule has 0 aromatic heterocycles. The number of nitrogens with one attached hydrogen (secondary N) is 2. The molecule has 0 aliphatic carbocycles. The molecule has 1 saturated heterocycles. The number of nitrogens with zero attached hydrogens (tertiary/aromatic N) is 1. The molecule has 0 radical (unpaired) electrons. The zero-order chi connectivity index (χ0) is 19.4. The maximum absolute atomic E-state index is 12.9. The SMILES string of the molecule is CCC(C)(C)NCC(=O)Nc1ccc(Cl)c(S(=O)(=O)N2CCCCC2)c1. The number of anilines is 1. The van der Waals surface area contributed by atoms with E-state index in [-0.39, 0.29) is 27.9 Å². The molecule has 1 aromatic rings. The van der Waals surface area contributed by atoms with Crippen molar-refractivity contribution in [1.82, 2.24) is 9.62 Å². The van der Waals surface area contributed by atoms with Crippen LogP contribution in [0.4, 0.5) is 5.69 Å². The number of rotatable bonds is 7. The minimum absolute atomic E-state index is 0.0423. The van der Waals surface area contributed by atoms with E-state index in [9.17, 15) is 13.2 Å². The van der Waals surface area contributed by atoms with Crippen LogP contribution in [0.15, 0.2) is 23.1 Å². The van der Waals surface area contributed by atoms with Crippen LogP contribution in [0, 0.1) is 0 Å². The number of hydrogen-bond acceptors (Lipinski definition) is 4. The molecular formula is C18H28ClN3O3S. The van der Waals surface area contributed by atoms with Gasteiger partial charge < -0.3 is 10.6 Å². The molecule has 1 fully saturated rings. The summed E-state index contributed by atoms with van der Waals surface area (Å²) in [4.78, 5) is 12.2. The summed E-state index contributed by atoms with van der Waals surface area (Å²) in [6.07, 6.45) is 3.63. The molecule has 0 bridgehead atoms. The highest BCUT2D eigenvalue weighted by atomic mass is 35.5. The highest BCUT2D eigenvalue weighted by Crippen LogP contribution is 2.29. The molecule has 1 aliphatic heterocycles. The van der Waals surface area contributed by atoms with Gasteiger partial charge in [0, 0.05) is 24.3 Å². The average Bonchev–Trinajstić information content (AvgIpc) is 2.62. The molecule has 8 heteroatoms. The van der Waals surface area contributed by atoms with Gasteiger partial charge in [-0.05, 0) is 51.3 Å². The third-order valence-corrected chi connectivity index (χ3v) is 7.14. The minimum Gasteiger partial charge on any atom is -0.325 e. The van der Waals surface area contributed by atoms with Gasteiger partial charge in [0.2, 0.25) is 15.9 Å². The molecule has 0 unspecified atom stereocenters. The Bertz CT molecular complexity index is 744. The second-order valence-corrected chi connectivity index (χ2v) is 9.56. The minimum atomic E-state index is -3.66. The van der Waals surface area contributed by atoms with Crippen molar-refractivity contribution in [3.8, 4) is 0 Å². The lowest BCUT2D eigenvalue weighted by Crippen LogP contribution is -2.43. The fourth-order valence-corrected chi connectivity index (χ4v) is 4.69. The lowest BCUT2D eigenvalue weighted by molar-refractivity contribution is -0.115. The maximum Gasteiger partial charge on any atom is 0.244 e. The largest absolute Gasteiger partial charge is 0.325 e. The predicted octanol–water partition coefficient (Wildman–Crippen LogP) is 3.23. The number of carbonyl (C=O) groups excluding carboxylic acids is 1. The topological polar surface area (TPSA) is 78.5 Å². The van der Waals surface area contributed by atoms with Gasteiger partial charge in [-0.25, -0.2) is 8.42 Å². The zero-order valence-electron chi connectivity index (χ0n) is 15.6. The molecule has 26 heavy (non-hydrogen) atoms. The van der Waals surface area contributed by atoms with Gasteiger partial charge in [-0.2, -0.15) is 4.31 Å². The van der Waals surface area contributed by atoms with Crippen LogP contribution < -0.4 is 10.6 Å². The van der Waals surface area contributed by atoms with E-state index in [0.717, 1.165) is 25.7 Å². The van der Waals surface area contributed by atoms with E-state index in [1.807, 2.05) is 20.8 Å². The molecule has 0 saturated carbocycles. The second kappa shape index (κ2) is 8.69. The summed E-state index contributed by atoms with van der Waals surface area (Å²) in [5.74, 6) is -0.227. The van der Waals surface area contributed by atoms with Crippen molar-refractivity contribution in [2.24, 2.45) is 0 Å². The molecule has 2 N–H and O–H groups in total. The van der Waals surface area contributed by atoms with Gasteiger partial charge in [-0.15, -0.1) is 0 Å². The first-order chi connectivity index (χ1) is 12.2. The fourth-order valence-electron chi connectivity index (χ4n) is 2.67. The molecule has 0 atom stereocenters. The number of piperidine rings is 1. The normalized spacial score (nSPS) is 16.5. The molecule has 1 aliphatic rings. The van der Waals surface area contributed by atoms with Crippen LogP contribution in [-0.2, 0) is 14.8 Å². The molecule has 1 heterocycles. The maximum atomic E-state index is 12.9. The first kappa shape index (κ1) is 21.2. The summed E-state index contributed by atoms with van der Waals surface area (Å²) in [7, 11) is -3.66. The first-order valence-electron chi connectivity index (χ1n) is 9.00. The van der Waals surface area contributed by atoms with E-state index >= 15 is 0 Å². The number of amides is 1. The van der Waals surface area contributed by atoms with Crippen LogP contribution in [0.5, 0.6) is 0 Å². The van der Waals surface area contributed by atoms with Gasteiger partial charge in [0.15, 0.2) is 0 Å². The highest BCUT2D eigenvalue weighted by molar-refractivity contribution is 7.89. The van der Waals surface area contributed by atoms with Crippen LogP contribution in [0.25, 0.3) is 0 Å². The summed E-state index contributed by atoms with van der Waals surface area (Å²) in [5.41, 5.74) is 0.284. The van der Waals surface area contributed by atoms with E-state index in [1.54, 1.807) is 6.07 Å². The Morgan fingerprint density at radius 3 is 2.50 bits per heavy atom. The van der Waals surface area contributed by atoms with Crippen molar-refractivity contribution in [3.63, 3.8) is 0 Å². The monoisotopic (exact) mass is 401 g/mol. The molecular weight excluding hydrogens is 374 g/mol. The molecule has 0 spiro atoms. The first-order valence-corrected chi connectivity index (χ1v) is 10.8. The van der Waals surface area contributed by atoms with Crippen molar-refractivity contribution >= 4 is 33.2 Å². The lowest BCUT2D eigenvalue weighted by atomic mass is 10.0. The van der Waals surface area contributed by atoms with Crippen molar-refractivity contribution in [1.29, 1.82) is 0 Å². The Morgan fingerprint density at radius 1 is 1.23 bits per heavy atom. The third kappa shape index (κ3) is 5.42. The third-order valence-electron chi connectivity index (χ3n) is 4.76. The van der Waals surface area contributed by atoms with Crippen molar-refractivity contribution in [3.05, 3.63) is 23.2 Å². The Balaban J connectivity index is 2.13. The van der Waals surface area contributed by atoms with Gasteiger partial charge in [0.1, 0.15) is 4.90 Å². The Morgan fingerprint density at radius 2 is 1.88 bits per heavy atom. The summed E-state index contributed by atoms with van der Waals surface area (Å²) < 4.78 is 27.2. The molecule has 1 amide bonds. The Hall–Kier alpha value is -1.15. The summed E-state index contributed by atoms with van der Waals surface area (Å²) in [5, 5.41) is 6.08. The van der Waals surface area contributed by atoms with E-state index in [4.69, 9.17) is 11.6 Å². The van der Waals surface area contributed by atoms with Crippen LogP contribution in [0.1, 0.15) is 46.5 Å². The van der Waals surface area contributed by atoms with Gasteiger partial charge >= 0.3 is 0 Å². The van der Waals surface area contributed by atoms with Crippen molar-refractivity contribution < 1.29 is 13.2 Å². The average molecular weight is 402 g/mol. The molecule has 2 rings (SSSR count). The van der Waals surface area contributed by atoms with E-state index in [1.165, 1.54) is 16.4 Å². The van der Waals surface area contributed by atoms with Crippen LogP contribution >= 0.6 is 11.6 Å². The lowest BCUT2D eigenvalue weighted by Gasteiger charge is -2.26. The van der Waals surface area contributed by atoms with Gasteiger partial charge in [0.05, 0.1) is 11.6 Å². The molecule has 1 aromatic carbocycles. The quantitative estimate of drug-likeness (QED) is 0.735. The molecule has 146 valence electrons. The Labute approximate surface area is 161 Å². The number of sulfonamides is 1. The smallest absolute Gasteiger partial charge is 0.244 e. The standard InChI is InChI=1S/C18H28ClN3O3S/c1-4-18(2,3)20-13-17(23)21-14-8-9-15(19)16(12-14)26(24,25)22-10-6-5-7-11-22/h8-9,12,20H,4-7,10-11,13H2,1-3H3,(H,21,23). The second-order valence-electron chi connectivity index (χ2n) is 7.25. The fraction of sp³-hybridized carbons (Fsp3) is 0.611.